The first kappa shape index (κ1) is 18.0. The average molecular weight is 370 g/mol. The summed E-state index contributed by atoms with van der Waals surface area (Å²) in [5.41, 5.74) is -0.0884. The van der Waals surface area contributed by atoms with Crippen molar-refractivity contribution in [3.8, 4) is 5.69 Å². The van der Waals surface area contributed by atoms with Gasteiger partial charge in [-0.2, -0.15) is 5.10 Å². The van der Waals surface area contributed by atoms with Gasteiger partial charge in [0.2, 0.25) is 0 Å². The Hall–Kier alpha value is -2.41. The molecule has 2 aliphatic heterocycles. The summed E-state index contributed by atoms with van der Waals surface area (Å²) in [4.78, 5) is 27.1. The first-order valence-electron chi connectivity index (χ1n) is 9.74. The third-order valence-corrected chi connectivity index (χ3v) is 5.78. The number of nitrogens with zero attached hydrogens (tertiary/aromatic N) is 3. The molecule has 0 spiro atoms. The number of carbonyl (C=O) groups is 1. The molecule has 0 radical (unpaired) electrons. The van der Waals surface area contributed by atoms with Crippen LogP contribution in [0.5, 0.6) is 0 Å². The van der Waals surface area contributed by atoms with Gasteiger partial charge in [0.05, 0.1) is 5.69 Å². The van der Waals surface area contributed by atoms with Gasteiger partial charge < -0.3 is 9.64 Å². The number of amides is 1. The van der Waals surface area contributed by atoms with E-state index >= 15 is 0 Å². The van der Waals surface area contributed by atoms with Crippen LogP contribution in [0, 0.1) is 0 Å². The standard InChI is InChI=1S/C20H26N4O3/c1-20(11-5-6-14-27-20)18(25)23-12-9-15(10-13-23)17-21-22-19(26)24(17)16-7-3-2-4-8-16/h2-4,7-8,15H,5-6,9-14H2,1H3,(H,22,26)/t20-/m1/s1. The molecule has 1 aromatic heterocycles. The largest absolute Gasteiger partial charge is 0.365 e. The molecule has 0 aliphatic carbocycles. The molecule has 1 amide bonds. The lowest BCUT2D eigenvalue weighted by Crippen LogP contribution is -2.52. The summed E-state index contributed by atoms with van der Waals surface area (Å²) in [6.45, 7) is 3.91. The Balaban J connectivity index is 1.48. The second-order valence-electron chi connectivity index (χ2n) is 7.66. The molecule has 0 bridgehead atoms. The fraction of sp³-hybridized carbons (Fsp3) is 0.550. The molecular weight excluding hydrogens is 344 g/mol. The summed E-state index contributed by atoms with van der Waals surface area (Å²) in [5.74, 6) is 0.995. The third kappa shape index (κ3) is 3.43. The van der Waals surface area contributed by atoms with Crippen molar-refractivity contribution in [2.45, 2.75) is 50.5 Å². The van der Waals surface area contributed by atoms with Gasteiger partial charge in [0.1, 0.15) is 11.4 Å². The lowest BCUT2D eigenvalue weighted by atomic mass is 9.91. The number of carbonyl (C=O) groups excluding carboxylic acids is 1. The number of aromatic nitrogens is 3. The SMILES string of the molecule is C[C@]1(C(=O)N2CCC(c3n[nH]c(=O)n3-c3ccccc3)CC2)CCCCO1. The third-order valence-electron chi connectivity index (χ3n) is 5.78. The normalized spacial score (nSPS) is 24.1. The number of ether oxygens (including phenoxy) is 1. The van der Waals surface area contributed by atoms with Crippen LogP contribution >= 0.6 is 0 Å². The molecule has 4 rings (SSSR count). The molecule has 1 aromatic carbocycles. The lowest BCUT2D eigenvalue weighted by Gasteiger charge is -2.39. The fourth-order valence-electron chi connectivity index (χ4n) is 4.19. The van der Waals surface area contributed by atoms with Crippen LogP contribution in [-0.4, -0.2) is 50.9 Å². The average Bonchev–Trinajstić information content (AvgIpc) is 3.10. The van der Waals surface area contributed by atoms with Crippen LogP contribution in [0.15, 0.2) is 35.1 Å². The van der Waals surface area contributed by atoms with E-state index in [1.807, 2.05) is 42.2 Å². The Morgan fingerprint density at radius 2 is 1.96 bits per heavy atom. The van der Waals surface area contributed by atoms with Crippen molar-refractivity contribution in [2.75, 3.05) is 19.7 Å². The lowest BCUT2D eigenvalue weighted by molar-refractivity contribution is -0.163. The molecule has 3 heterocycles. The van der Waals surface area contributed by atoms with Crippen LogP contribution in [0.1, 0.15) is 50.8 Å². The van der Waals surface area contributed by atoms with E-state index in [0.717, 1.165) is 43.6 Å². The minimum Gasteiger partial charge on any atom is -0.365 e. The summed E-state index contributed by atoms with van der Waals surface area (Å²) in [5, 5.41) is 6.87. The molecule has 7 nitrogen and oxygen atoms in total. The van der Waals surface area contributed by atoms with Crippen LogP contribution in [-0.2, 0) is 9.53 Å². The maximum Gasteiger partial charge on any atom is 0.347 e. The highest BCUT2D eigenvalue weighted by atomic mass is 16.5. The van der Waals surface area contributed by atoms with Gasteiger partial charge in [-0.15, -0.1) is 0 Å². The molecule has 2 saturated heterocycles. The monoisotopic (exact) mass is 370 g/mol. The Kier molecular flexibility index (Phi) is 4.86. The van der Waals surface area contributed by atoms with Gasteiger partial charge in [-0.05, 0) is 51.2 Å². The number of aromatic amines is 1. The molecule has 27 heavy (non-hydrogen) atoms. The van der Waals surface area contributed by atoms with Gasteiger partial charge in [-0.3, -0.25) is 4.79 Å². The summed E-state index contributed by atoms with van der Waals surface area (Å²) >= 11 is 0. The van der Waals surface area contributed by atoms with Crippen LogP contribution in [0.4, 0.5) is 0 Å². The van der Waals surface area contributed by atoms with Gasteiger partial charge in [0.25, 0.3) is 5.91 Å². The highest BCUT2D eigenvalue weighted by molar-refractivity contribution is 5.85. The minimum absolute atomic E-state index is 0.100. The van der Waals surface area contributed by atoms with Crippen molar-refractivity contribution in [1.82, 2.24) is 19.7 Å². The van der Waals surface area contributed by atoms with Gasteiger partial charge in [-0.25, -0.2) is 14.5 Å². The first-order valence-corrected chi connectivity index (χ1v) is 9.74. The maximum absolute atomic E-state index is 12.9. The molecule has 2 aliphatic rings. The topological polar surface area (TPSA) is 80.2 Å². The van der Waals surface area contributed by atoms with Crippen molar-refractivity contribution in [2.24, 2.45) is 0 Å². The van der Waals surface area contributed by atoms with Gasteiger partial charge in [0, 0.05) is 25.6 Å². The van der Waals surface area contributed by atoms with E-state index in [0.29, 0.717) is 19.7 Å². The summed E-state index contributed by atoms with van der Waals surface area (Å²) in [6, 6.07) is 9.54. The van der Waals surface area contributed by atoms with E-state index in [-0.39, 0.29) is 17.5 Å². The number of hydrogen-bond donors (Lipinski definition) is 1. The Labute approximate surface area is 158 Å². The van der Waals surface area contributed by atoms with Gasteiger partial charge >= 0.3 is 5.69 Å². The molecule has 0 saturated carbocycles. The van der Waals surface area contributed by atoms with E-state index in [9.17, 15) is 9.59 Å². The molecule has 7 heteroatoms. The zero-order chi connectivity index (χ0) is 18.9. The number of H-pyrrole nitrogens is 1. The Morgan fingerprint density at radius 1 is 1.22 bits per heavy atom. The maximum atomic E-state index is 12.9. The summed E-state index contributed by atoms with van der Waals surface area (Å²) < 4.78 is 7.46. The van der Waals surface area contributed by atoms with E-state index < -0.39 is 5.60 Å². The minimum atomic E-state index is -0.677. The molecule has 2 aromatic rings. The predicted octanol–water partition coefficient (Wildman–Crippen LogP) is 2.23. The van der Waals surface area contributed by atoms with Crippen molar-refractivity contribution in [1.29, 1.82) is 0 Å². The predicted molar refractivity (Wildman–Crippen MR) is 101 cm³/mol. The summed E-state index contributed by atoms with van der Waals surface area (Å²) in [6.07, 6.45) is 4.44. The Bertz CT molecular complexity index is 844. The smallest absolute Gasteiger partial charge is 0.347 e. The summed E-state index contributed by atoms with van der Waals surface area (Å²) in [7, 11) is 0. The Morgan fingerprint density at radius 3 is 2.63 bits per heavy atom. The molecule has 1 atom stereocenters. The van der Waals surface area contributed by atoms with Gasteiger partial charge in [-0.1, -0.05) is 18.2 Å². The van der Waals surface area contributed by atoms with E-state index in [1.54, 1.807) is 4.57 Å². The van der Waals surface area contributed by atoms with Crippen LogP contribution in [0.3, 0.4) is 0 Å². The molecule has 1 N–H and O–H groups in total. The van der Waals surface area contributed by atoms with Crippen molar-refractivity contribution in [3.05, 3.63) is 46.6 Å². The molecule has 0 unspecified atom stereocenters. The van der Waals surface area contributed by atoms with Crippen LogP contribution in [0.25, 0.3) is 5.69 Å². The molecule has 144 valence electrons. The highest BCUT2D eigenvalue weighted by Crippen LogP contribution is 2.31. The molecule has 2 fully saturated rings. The van der Waals surface area contributed by atoms with Crippen LogP contribution in [0.2, 0.25) is 0 Å². The first-order chi connectivity index (χ1) is 13.1. The van der Waals surface area contributed by atoms with Crippen molar-refractivity contribution >= 4 is 5.91 Å². The number of nitrogens with one attached hydrogen (secondary N) is 1. The zero-order valence-corrected chi connectivity index (χ0v) is 15.7. The van der Waals surface area contributed by atoms with Crippen molar-refractivity contribution < 1.29 is 9.53 Å². The number of benzene rings is 1. The number of hydrogen-bond acceptors (Lipinski definition) is 4. The van der Waals surface area contributed by atoms with E-state index in [4.69, 9.17) is 4.74 Å². The number of likely N-dealkylation sites (tertiary alicyclic amines) is 1. The van der Waals surface area contributed by atoms with Gasteiger partial charge in [0.15, 0.2) is 0 Å². The number of para-hydroxylation sites is 1. The second kappa shape index (κ2) is 7.31. The number of rotatable bonds is 3. The second-order valence-corrected chi connectivity index (χ2v) is 7.66. The number of piperidine rings is 1. The molecular formula is C20H26N4O3. The quantitative estimate of drug-likeness (QED) is 0.898. The van der Waals surface area contributed by atoms with Crippen LogP contribution < -0.4 is 5.69 Å². The fourth-order valence-corrected chi connectivity index (χ4v) is 4.19. The highest BCUT2D eigenvalue weighted by Gasteiger charge is 2.40. The van der Waals surface area contributed by atoms with E-state index in [1.165, 1.54) is 0 Å². The zero-order valence-electron chi connectivity index (χ0n) is 15.7. The van der Waals surface area contributed by atoms with Crippen molar-refractivity contribution in [3.63, 3.8) is 0 Å². The van der Waals surface area contributed by atoms with E-state index in [2.05, 4.69) is 10.2 Å².